The first-order valence-electron chi connectivity index (χ1n) is 8.60. The molecule has 0 unspecified atom stereocenters. The SMILES string of the molecule is Cn1cc(CN2CC[C@@H]3[C@H]2CCC(=O)N3Cc2cccnc2)cn1. The summed E-state index contributed by atoms with van der Waals surface area (Å²) in [5.41, 5.74) is 2.35. The Kier molecular flexibility index (Phi) is 4.06. The van der Waals surface area contributed by atoms with Gasteiger partial charge in [-0.3, -0.25) is 19.4 Å². The van der Waals surface area contributed by atoms with Crippen molar-refractivity contribution in [3.63, 3.8) is 0 Å². The molecule has 0 spiro atoms. The summed E-state index contributed by atoms with van der Waals surface area (Å²) in [7, 11) is 1.95. The van der Waals surface area contributed by atoms with Gasteiger partial charge in [0.25, 0.3) is 0 Å². The number of hydrogen-bond acceptors (Lipinski definition) is 4. The summed E-state index contributed by atoms with van der Waals surface area (Å²) in [5.74, 6) is 0.281. The molecule has 0 saturated carbocycles. The number of carbonyl (C=O) groups excluding carboxylic acids is 1. The molecule has 2 fully saturated rings. The van der Waals surface area contributed by atoms with Crippen LogP contribution in [0.2, 0.25) is 0 Å². The first-order valence-corrected chi connectivity index (χ1v) is 8.60. The van der Waals surface area contributed by atoms with E-state index in [0.29, 0.717) is 25.0 Å². The van der Waals surface area contributed by atoms with Gasteiger partial charge in [0, 0.05) is 69.3 Å². The largest absolute Gasteiger partial charge is 0.334 e. The van der Waals surface area contributed by atoms with Crippen LogP contribution in [0.5, 0.6) is 0 Å². The summed E-state index contributed by atoms with van der Waals surface area (Å²) in [4.78, 5) is 21.3. The van der Waals surface area contributed by atoms with Gasteiger partial charge in [0.05, 0.1) is 6.20 Å². The van der Waals surface area contributed by atoms with Crippen LogP contribution in [0.3, 0.4) is 0 Å². The van der Waals surface area contributed by atoms with Crippen LogP contribution < -0.4 is 0 Å². The molecule has 0 aromatic carbocycles. The van der Waals surface area contributed by atoms with Crippen molar-refractivity contribution in [3.05, 3.63) is 48.0 Å². The number of rotatable bonds is 4. The molecule has 0 N–H and O–H groups in total. The molecule has 2 aliphatic rings. The maximum absolute atomic E-state index is 12.5. The molecule has 6 nitrogen and oxygen atoms in total. The van der Waals surface area contributed by atoms with E-state index in [9.17, 15) is 4.79 Å². The molecule has 2 aromatic heterocycles. The molecule has 0 radical (unpaired) electrons. The standard InChI is InChI=1S/C18H23N5O/c1-21-11-15(10-20-21)12-22-8-6-17-16(22)4-5-18(24)23(17)13-14-3-2-7-19-9-14/h2-3,7,9-11,16-17H,4-6,8,12-13H2,1H3/t16-,17-/m1/s1. The van der Waals surface area contributed by atoms with Gasteiger partial charge < -0.3 is 4.90 Å². The lowest BCUT2D eigenvalue weighted by molar-refractivity contribution is -0.138. The molecule has 126 valence electrons. The summed E-state index contributed by atoms with van der Waals surface area (Å²) in [5, 5.41) is 4.26. The Morgan fingerprint density at radius 1 is 1.17 bits per heavy atom. The minimum absolute atomic E-state index is 0.281. The zero-order valence-electron chi connectivity index (χ0n) is 14.0. The molecule has 24 heavy (non-hydrogen) atoms. The second-order valence-corrected chi connectivity index (χ2v) is 6.84. The first-order chi connectivity index (χ1) is 11.7. The number of nitrogens with zero attached hydrogens (tertiary/aromatic N) is 5. The third-order valence-electron chi connectivity index (χ3n) is 5.22. The highest BCUT2D eigenvalue weighted by Crippen LogP contribution is 2.33. The molecule has 2 saturated heterocycles. The van der Waals surface area contributed by atoms with Crippen molar-refractivity contribution in [2.24, 2.45) is 7.05 Å². The van der Waals surface area contributed by atoms with E-state index in [-0.39, 0.29) is 5.91 Å². The molecule has 4 rings (SSSR count). The van der Waals surface area contributed by atoms with Crippen molar-refractivity contribution < 1.29 is 4.79 Å². The average molecular weight is 325 g/mol. The van der Waals surface area contributed by atoms with Crippen LogP contribution in [0.4, 0.5) is 0 Å². The number of hydrogen-bond donors (Lipinski definition) is 0. The quantitative estimate of drug-likeness (QED) is 0.856. The van der Waals surface area contributed by atoms with Gasteiger partial charge >= 0.3 is 0 Å². The summed E-state index contributed by atoms with van der Waals surface area (Å²) in [6.45, 7) is 2.64. The van der Waals surface area contributed by atoms with Gasteiger partial charge in [0.15, 0.2) is 0 Å². The fourth-order valence-electron chi connectivity index (χ4n) is 4.12. The molecule has 4 heterocycles. The average Bonchev–Trinajstić information content (AvgIpc) is 3.18. The normalized spacial score (nSPS) is 24.4. The van der Waals surface area contributed by atoms with E-state index in [1.165, 1.54) is 5.56 Å². The van der Waals surface area contributed by atoms with Crippen molar-refractivity contribution in [1.29, 1.82) is 0 Å². The monoisotopic (exact) mass is 325 g/mol. The molecule has 0 aliphatic carbocycles. The van der Waals surface area contributed by atoms with Crippen molar-refractivity contribution in [2.75, 3.05) is 6.54 Å². The summed E-state index contributed by atoms with van der Waals surface area (Å²) in [6.07, 6.45) is 10.3. The van der Waals surface area contributed by atoms with E-state index in [2.05, 4.69) is 26.1 Å². The molecular formula is C18H23N5O. The van der Waals surface area contributed by atoms with E-state index >= 15 is 0 Å². The third-order valence-corrected chi connectivity index (χ3v) is 5.22. The van der Waals surface area contributed by atoms with E-state index in [4.69, 9.17) is 0 Å². The van der Waals surface area contributed by atoms with Crippen LogP contribution in [-0.2, 0) is 24.9 Å². The molecule has 6 heteroatoms. The summed E-state index contributed by atoms with van der Waals surface area (Å²) < 4.78 is 1.85. The summed E-state index contributed by atoms with van der Waals surface area (Å²) in [6, 6.07) is 4.76. The van der Waals surface area contributed by atoms with Crippen molar-refractivity contribution in [2.45, 2.75) is 44.4 Å². The number of pyridine rings is 1. The Labute approximate surface area is 142 Å². The number of aromatic nitrogens is 3. The zero-order valence-corrected chi connectivity index (χ0v) is 14.0. The van der Waals surface area contributed by atoms with Crippen molar-refractivity contribution in [3.8, 4) is 0 Å². The van der Waals surface area contributed by atoms with E-state index in [1.807, 2.05) is 36.3 Å². The first kappa shape index (κ1) is 15.3. The van der Waals surface area contributed by atoms with Gasteiger partial charge in [-0.1, -0.05) is 6.07 Å². The minimum atomic E-state index is 0.281. The zero-order chi connectivity index (χ0) is 16.5. The van der Waals surface area contributed by atoms with Gasteiger partial charge in [-0.15, -0.1) is 0 Å². The Bertz CT molecular complexity index is 713. The maximum Gasteiger partial charge on any atom is 0.223 e. The predicted octanol–water partition coefficient (Wildman–Crippen LogP) is 1.58. The topological polar surface area (TPSA) is 54.3 Å². The fraction of sp³-hybridized carbons (Fsp3) is 0.500. The van der Waals surface area contributed by atoms with Crippen molar-refractivity contribution >= 4 is 5.91 Å². The van der Waals surface area contributed by atoms with Crippen molar-refractivity contribution in [1.82, 2.24) is 24.6 Å². The number of likely N-dealkylation sites (tertiary alicyclic amines) is 2. The van der Waals surface area contributed by atoms with Crippen LogP contribution in [0, 0.1) is 0 Å². The number of carbonyl (C=O) groups is 1. The van der Waals surface area contributed by atoms with Gasteiger partial charge in [0.2, 0.25) is 5.91 Å². The molecule has 0 bridgehead atoms. The van der Waals surface area contributed by atoms with Crippen LogP contribution in [0.15, 0.2) is 36.9 Å². The van der Waals surface area contributed by atoms with Crippen LogP contribution in [0.1, 0.15) is 30.4 Å². The lowest BCUT2D eigenvalue weighted by Gasteiger charge is -2.40. The van der Waals surface area contributed by atoms with Gasteiger partial charge in [-0.25, -0.2) is 0 Å². The minimum Gasteiger partial charge on any atom is -0.334 e. The highest BCUT2D eigenvalue weighted by atomic mass is 16.2. The maximum atomic E-state index is 12.5. The summed E-state index contributed by atoms with van der Waals surface area (Å²) >= 11 is 0. The Morgan fingerprint density at radius 2 is 2.08 bits per heavy atom. The van der Waals surface area contributed by atoms with Gasteiger partial charge in [-0.05, 0) is 24.5 Å². The van der Waals surface area contributed by atoms with Crippen LogP contribution >= 0.6 is 0 Å². The fourth-order valence-corrected chi connectivity index (χ4v) is 4.12. The number of aryl methyl sites for hydroxylation is 1. The molecule has 1 amide bonds. The molecule has 2 atom stereocenters. The Morgan fingerprint density at radius 3 is 2.83 bits per heavy atom. The molecule has 2 aromatic rings. The lowest BCUT2D eigenvalue weighted by atomic mass is 9.95. The lowest BCUT2D eigenvalue weighted by Crippen LogP contribution is -2.51. The highest BCUT2D eigenvalue weighted by molar-refractivity contribution is 5.77. The number of amides is 1. The Balaban J connectivity index is 1.48. The smallest absolute Gasteiger partial charge is 0.223 e. The Hall–Kier alpha value is -2.21. The molecule has 2 aliphatic heterocycles. The second-order valence-electron chi connectivity index (χ2n) is 6.84. The number of fused-ring (bicyclic) bond motifs is 1. The second kappa shape index (κ2) is 6.36. The van der Waals surface area contributed by atoms with E-state index < -0.39 is 0 Å². The third kappa shape index (κ3) is 2.94. The van der Waals surface area contributed by atoms with E-state index in [1.54, 1.807) is 6.20 Å². The number of piperidine rings is 1. The highest BCUT2D eigenvalue weighted by Gasteiger charge is 2.42. The van der Waals surface area contributed by atoms with Gasteiger partial charge in [0.1, 0.15) is 0 Å². The van der Waals surface area contributed by atoms with Crippen LogP contribution in [0.25, 0.3) is 0 Å². The molecular weight excluding hydrogens is 302 g/mol. The predicted molar refractivity (Wildman–Crippen MR) is 89.8 cm³/mol. The van der Waals surface area contributed by atoms with E-state index in [0.717, 1.165) is 31.5 Å². The van der Waals surface area contributed by atoms with Gasteiger partial charge in [-0.2, -0.15) is 5.10 Å². The van der Waals surface area contributed by atoms with Crippen LogP contribution in [-0.4, -0.2) is 49.1 Å².